The Morgan fingerprint density at radius 1 is 1.42 bits per heavy atom. The van der Waals surface area contributed by atoms with Gasteiger partial charge in [0.2, 0.25) is 5.91 Å². The molecule has 3 N–H and O–H groups in total. The largest absolute Gasteiger partial charge is 0.349 e. The Balaban J connectivity index is 0. The van der Waals surface area contributed by atoms with E-state index < -0.39 is 6.04 Å². The number of carbonyl (C=O) groups is 1. The molecule has 0 aliphatic heterocycles. The Bertz CT molecular complexity index is 386. The van der Waals surface area contributed by atoms with Crippen molar-refractivity contribution in [1.82, 2.24) is 10.3 Å². The van der Waals surface area contributed by atoms with E-state index in [4.69, 9.17) is 5.73 Å². The number of amides is 1. The molecule has 0 saturated heterocycles. The zero-order valence-corrected chi connectivity index (χ0v) is 13.2. The summed E-state index contributed by atoms with van der Waals surface area (Å²) in [4.78, 5) is 15.9. The van der Waals surface area contributed by atoms with E-state index in [1.54, 1.807) is 6.20 Å². The molecule has 19 heavy (non-hydrogen) atoms. The van der Waals surface area contributed by atoms with Crippen LogP contribution in [0.15, 0.2) is 18.3 Å². The zero-order chi connectivity index (χ0) is 12.8. The topological polar surface area (TPSA) is 68.0 Å². The van der Waals surface area contributed by atoms with Gasteiger partial charge in [0.1, 0.15) is 0 Å². The van der Waals surface area contributed by atoms with Crippen LogP contribution >= 0.6 is 24.8 Å². The van der Waals surface area contributed by atoms with E-state index in [-0.39, 0.29) is 30.7 Å². The van der Waals surface area contributed by atoms with Gasteiger partial charge in [-0.2, -0.15) is 0 Å². The van der Waals surface area contributed by atoms with Gasteiger partial charge in [-0.1, -0.05) is 19.9 Å². The van der Waals surface area contributed by atoms with Gasteiger partial charge in [0.25, 0.3) is 0 Å². The van der Waals surface area contributed by atoms with Crippen LogP contribution in [0.1, 0.15) is 31.5 Å². The van der Waals surface area contributed by atoms with E-state index >= 15 is 0 Å². The molecular weight excluding hydrogens is 285 g/mol. The number of rotatable bonds is 5. The molecule has 0 unspecified atom stereocenters. The van der Waals surface area contributed by atoms with Crippen LogP contribution in [0.3, 0.4) is 0 Å². The van der Waals surface area contributed by atoms with Crippen LogP contribution < -0.4 is 11.1 Å². The third-order valence-corrected chi connectivity index (χ3v) is 2.61. The summed E-state index contributed by atoms with van der Waals surface area (Å²) in [5.74, 6) is 0.316. The smallest absolute Gasteiger partial charge is 0.237 e. The van der Waals surface area contributed by atoms with Crippen molar-refractivity contribution in [2.45, 2.75) is 39.8 Å². The molecule has 1 aromatic heterocycles. The first-order valence-corrected chi connectivity index (χ1v) is 5.94. The Morgan fingerprint density at radius 3 is 2.58 bits per heavy atom. The lowest BCUT2D eigenvalue weighted by Gasteiger charge is -2.14. The molecule has 1 rings (SSSR count). The predicted octanol–water partition coefficient (Wildman–Crippen LogP) is 2.22. The Hall–Kier alpha value is -0.840. The van der Waals surface area contributed by atoms with Crippen molar-refractivity contribution < 1.29 is 4.79 Å². The van der Waals surface area contributed by atoms with Crippen LogP contribution in [0, 0.1) is 12.8 Å². The normalized spacial score (nSPS) is 11.2. The fourth-order valence-electron chi connectivity index (χ4n) is 1.62. The molecule has 1 amide bonds. The van der Waals surface area contributed by atoms with Gasteiger partial charge < -0.3 is 11.1 Å². The molecule has 0 aliphatic carbocycles. The summed E-state index contributed by atoms with van der Waals surface area (Å²) in [5, 5.41) is 2.82. The SMILES string of the molecule is Cc1cccnc1CNC(=O)[C@@H](N)CC(C)C.Cl.Cl. The summed E-state index contributed by atoms with van der Waals surface area (Å²) in [6.45, 7) is 6.52. The third-order valence-electron chi connectivity index (χ3n) is 2.61. The minimum Gasteiger partial charge on any atom is -0.349 e. The van der Waals surface area contributed by atoms with E-state index in [1.165, 1.54) is 0 Å². The lowest BCUT2D eigenvalue weighted by molar-refractivity contribution is -0.122. The van der Waals surface area contributed by atoms with Gasteiger partial charge in [0, 0.05) is 6.20 Å². The molecule has 0 saturated carbocycles. The fraction of sp³-hybridized carbons (Fsp3) is 0.538. The number of hydrogen-bond donors (Lipinski definition) is 2. The molecule has 1 atom stereocenters. The average molecular weight is 308 g/mol. The Morgan fingerprint density at radius 2 is 2.05 bits per heavy atom. The van der Waals surface area contributed by atoms with E-state index in [0.29, 0.717) is 18.9 Å². The molecule has 4 nitrogen and oxygen atoms in total. The molecule has 0 aliphatic rings. The van der Waals surface area contributed by atoms with Crippen molar-refractivity contribution in [3.63, 3.8) is 0 Å². The van der Waals surface area contributed by atoms with Crippen molar-refractivity contribution in [2.24, 2.45) is 11.7 Å². The second-order valence-corrected chi connectivity index (χ2v) is 4.72. The lowest BCUT2D eigenvalue weighted by atomic mass is 10.0. The minimum absolute atomic E-state index is 0. The third kappa shape index (κ3) is 7.35. The summed E-state index contributed by atoms with van der Waals surface area (Å²) in [6.07, 6.45) is 2.43. The lowest BCUT2D eigenvalue weighted by Crippen LogP contribution is -2.41. The van der Waals surface area contributed by atoms with E-state index in [0.717, 1.165) is 11.3 Å². The van der Waals surface area contributed by atoms with Gasteiger partial charge in [0.05, 0.1) is 18.3 Å². The maximum Gasteiger partial charge on any atom is 0.237 e. The quantitative estimate of drug-likeness (QED) is 0.876. The van der Waals surface area contributed by atoms with Crippen LogP contribution in [0.2, 0.25) is 0 Å². The summed E-state index contributed by atoms with van der Waals surface area (Å²) < 4.78 is 0. The molecule has 1 aromatic rings. The number of nitrogens with zero attached hydrogens (tertiary/aromatic N) is 1. The molecule has 1 heterocycles. The highest BCUT2D eigenvalue weighted by molar-refractivity contribution is 5.85. The standard InChI is InChI=1S/C13H21N3O.2ClH/c1-9(2)7-11(14)13(17)16-8-12-10(3)5-4-6-15-12;;/h4-6,9,11H,7-8,14H2,1-3H3,(H,16,17);2*1H/t11-;;/m0../s1. The second kappa shape index (κ2) is 10.0. The van der Waals surface area contributed by atoms with Gasteiger partial charge in [-0.3, -0.25) is 9.78 Å². The predicted molar refractivity (Wildman–Crippen MR) is 82.7 cm³/mol. The van der Waals surface area contributed by atoms with Gasteiger partial charge in [-0.15, -0.1) is 24.8 Å². The maximum absolute atomic E-state index is 11.7. The summed E-state index contributed by atoms with van der Waals surface area (Å²) >= 11 is 0. The maximum atomic E-state index is 11.7. The van der Waals surface area contributed by atoms with Crippen LogP contribution in [-0.4, -0.2) is 16.9 Å². The van der Waals surface area contributed by atoms with Gasteiger partial charge >= 0.3 is 0 Å². The number of pyridine rings is 1. The summed E-state index contributed by atoms with van der Waals surface area (Å²) in [6, 6.07) is 3.42. The average Bonchev–Trinajstić information content (AvgIpc) is 2.26. The minimum atomic E-state index is -0.431. The van der Waals surface area contributed by atoms with Gasteiger partial charge in [-0.05, 0) is 30.9 Å². The van der Waals surface area contributed by atoms with Crippen molar-refractivity contribution in [1.29, 1.82) is 0 Å². The molecule has 0 bridgehead atoms. The zero-order valence-electron chi connectivity index (χ0n) is 11.6. The summed E-state index contributed by atoms with van der Waals surface area (Å²) in [5.41, 5.74) is 7.75. The van der Waals surface area contributed by atoms with E-state index in [1.807, 2.05) is 19.1 Å². The van der Waals surface area contributed by atoms with Crippen molar-refractivity contribution >= 4 is 30.7 Å². The molecule has 0 fully saturated rings. The molecular formula is C13H23Cl2N3O. The van der Waals surface area contributed by atoms with Crippen LogP contribution in [0.25, 0.3) is 0 Å². The molecule has 0 aromatic carbocycles. The Labute approximate surface area is 127 Å². The molecule has 0 spiro atoms. The second-order valence-electron chi connectivity index (χ2n) is 4.72. The van der Waals surface area contributed by atoms with Crippen LogP contribution in [-0.2, 0) is 11.3 Å². The van der Waals surface area contributed by atoms with Gasteiger partial charge in [0.15, 0.2) is 0 Å². The monoisotopic (exact) mass is 307 g/mol. The van der Waals surface area contributed by atoms with Crippen molar-refractivity contribution in [2.75, 3.05) is 0 Å². The number of hydrogen-bond acceptors (Lipinski definition) is 3. The molecule has 110 valence electrons. The first-order valence-electron chi connectivity index (χ1n) is 5.94. The van der Waals surface area contributed by atoms with Crippen LogP contribution in [0.5, 0.6) is 0 Å². The number of aryl methyl sites for hydroxylation is 1. The van der Waals surface area contributed by atoms with Crippen molar-refractivity contribution in [3.05, 3.63) is 29.6 Å². The highest BCUT2D eigenvalue weighted by atomic mass is 35.5. The first kappa shape index (κ1) is 20.5. The fourth-order valence-corrected chi connectivity index (χ4v) is 1.62. The molecule has 6 heteroatoms. The number of nitrogens with one attached hydrogen (secondary N) is 1. The highest BCUT2D eigenvalue weighted by Crippen LogP contribution is 2.04. The van der Waals surface area contributed by atoms with E-state index in [9.17, 15) is 4.79 Å². The number of nitrogens with two attached hydrogens (primary N) is 1. The van der Waals surface area contributed by atoms with Crippen LogP contribution in [0.4, 0.5) is 0 Å². The first-order chi connectivity index (χ1) is 8.00. The van der Waals surface area contributed by atoms with Crippen molar-refractivity contribution in [3.8, 4) is 0 Å². The Kier molecular flexibility index (Phi) is 10.8. The van der Waals surface area contributed by atoms with E-state index in [2.05, 4.69) is 24.1 Å². The van der Waals surface area contributed by atoms with Gasteiger partial charge in [-0.25, -0.2) is 0 Å². The highest BCUT2D eigenvalue weighted by Gasteiger charge is 2.14. The number of halogens is 2. The number of aromatic nitrogens is 1. The number of carbonyl (C=O) groups excluding carboxylic acids is 1. The summed E-state index contributed by atoms with van der Waals surface area (Å²) in [7, 11) is 0. The molecule has 0 radical (unpaired) electrons.